The van der Waals surface area contributed by atoms with Crippen LogP contribution >= 0.6 is 0 Å². The van der Waals surface area contributed by atoms with Crippen LogP contribution in [0.25, 0.3) is 0 Å². The third-order valence-electron chi connectivity index (χ3n) is 1.91. The number of methoxy groups -OCH3 is 1. The molecule has 4 nitrogen and oxygen atoms in total. The third-order valence-corrected chi connectivity index (χ3v) is 1.91. The lowest BCUT2D eigenvalue weighted by Crippen LogP contribution is -2.37. The zero-order valence-corrected chi connectivity index (χ0v) is 6.54. The summed E-state index contributed by atoms with van der Waals surface area (Å²) in [5.41, 5.74) is 0. The molecule has 11 heavy (non-hydrogen) atoms. The van der Waals surface area contributed by atoms with E-state index in [-0.39, 0.29) is 12.1 Å². The molecule has 2 atom stereocenters. The molecule has 0 aromatic heterocycles. The molecule has 1 aliphatic rings. The van der Waals surface area contributed by atoms with Gasteiger partial charge in [-0.3, -0.25) is 10.1 Å². The lowest BCUT2D eigenvalue weighted by atomic mass is 10.2. The summed E-state index contributed by atoms with van der Waals surface area (Å²) in [4.78, 5) is 10.4. The van der Waals surface area contributed by atoms with Crippen LogP contribution in [0.5, 0.6) is 0 Å². The summed E-state index contributed by atoms with van der Waals surface area (Å²) in [7, 11) is 1.62. The van der Waals surface area contributed by atoms with Gasteiger partial charge in [0.2, 0.25) is 0 Å². The van der Waals surface area contributed by atoms with E-state index in [2.05, 4.69) is 5.32 Å². The van der Waals surface area contributed by atoms with Crippen LogP contribution in [0.15, 0.2) is 0 Å². The van der Waals surface area contributed by atoms with Gasteiger partial charge in [-0.25, -0.2) is 0 Å². The first-order chi connectivity index (χ1) is 5.24. The second-order valence-corrected chi connectivity index (χ2v) is 2.79. The maximum absolute atomic E-state index is 10.4. The highest BCUT2D eigenvalue weighted by Crippen LogP contribution is 2.12. The average molecular weight is 159 g/mol. The number of nitrogens with one attached hydrogen (secondary N) is 1. The predicted octanol–water partition coefficient (Wildman–Crippen LogP) is -0.162. The number of carbonyl (C=O) groups is 1. The van der Waals surface area contributed by atoms with Gasteiger partial charge in [-0.05, 0) is 12.8 Å². The van der Waals surface area contributed by atoms with E-state index in [0.29, 0.717) is 13.0 Å². The van der Waals surface area contributed by atoms with E-state index in [9.17, 15) is 4.79 Å². The van der Waals surface area contributed by atoms with Gasteiger partial charge in [0, 0.05) is 13.2 Å². The second-order valence-electron chi connectivity index (χ2n) is 2.79. The highest BCUT2D eigenvalue weighted by atomic mass is 16.5. The topological polar surface area (TPSA) is 58.6 Å². The molecular formula is C7H13NO3. The van der Waals surface area contributed by atoms with E-state index < -0.39 is 5.97 Å². The van der Waals surface area contributed by atoms with Crippen LogP contribution in [0, 0.1) is 0 Å². The first-order valence-electron chi connectivity index (χ1n) is 3.72. The molecule has 1 rings (SSSR count). The molecule has 0 unspecified atom stereocenters. The summed E-state index contributed by atoms with van der Waals surface area (Å²) in [6.07, 6.45) is 1.61. The Kier molecular flexibility index (Phi) is 2.84. The Morgan fingerprint density at radius 1 is 1.73 bits per heavy atom. The fourth-order valence-electron chi connectivity index (χ4n) is 1.35. The highest BCUT2D eigenvalue weighted by molar-refractivity contribution is 5.73. The number of rotatable bonds is 3. The van der Waals surface area contributed by atoms with Gasteiger partial charge in [-0.15, -0.1) is 0 Å². The summed E-state index contributed by atoms with van der Waals surface area (Å²) >= 11 is 0. The molecule has 2 N–H and O–H groups in total. The van der Waals surface area contributed by atoms with Gasteiger partial charge >= 0.3 is 5.97 Å². The van der Waals surface area contributed by atoms with E-state index in [1.54, 1.807) is 7.11 Å². The van der Waals surface area contributed by atoms with Gasteiger partial charge in [0.1, 0.15) is 6.04 Å². The van der Waals surface area contributed by atoms with Gasteiger partial charge in [0.25, 0.3) is 0 Å². The van der Waals surface area contributed by atoms with E-state index in [0.717, 1.165) is 6.42 Å². The van der Waals surface area contributed by atoms with Crippen LogP contribution in [-0.2, 0) is 9.53 Å². The van der Waals surface area contributed by atoms with Crippen molar-refractivity contribution < 1.29 is 14.6 Å². The zero-order chi connectivity index (χ0) is 8.27. The maximum atomic E-state index is 10.4. The minimum absolute atomic E-state index is 0.223. The van der Waals surface area contributed by atoms with Crippen molar-refractivity contribution in [1.29, 1.82) is 0 Å². The number of carboxylic acid groups (broad SMARTS) is 1. The van der Waals surface area contributed by atoms with E-state index in [1.807, 2.05) is 0 Å². The molecule has 0 spiro atoms. The monoisotopic (exact) mass is 159 g/mol. The number of aliphatic carboxylic acids is 1. The minimum atomic E-state index is -0.761. The van der Waals surface area contributed by atoms with Crippen LogP contribution in [-0.4, -0.2) is 36.9 Å². The van der Waals surface area contributed by atoms with Gasteiger partial charge < -0.3 is 9.84 Å². The first kappa shape index (κ1) is 8.49. The average Bonchev–Trinajstić information content (AvgIpc) is 2.37. The summed E-state index contributed by atoms with van der Waals surface area (Å²) in [6.45, 7) is 0.601. The van der Waals surface area contributed by atoms with Gasteiger partial charge in [0.05, 0.1) is 6.61 Å². The molecule has 0 aromatic rings. The van der Waals surface area contributed by atoms with Gasteiger partial charge in [-0.2, -0.15) is 0 Å². The second kappa shape index (κ2) is 3.69. The lowest BCUT2D eigenvalue weighted by molar-refractivity contribution is -0.139. The Hall–Kier alpha value is -0.610. The number of ether oxygens (including phenoxy) is 1. The van der Waals surface area contributed by atoms with Crippen molar-refractivity contribution in [2.45, 2.75) is 24.9 Å². The van der Waals surface area contributed by atoms with Crippen molar-refractivity contribution in [3.63, 3.8) is 0 Å². The zero-order valence-electron chi connectivity index (χ0n) is 6.54. The summed E-state index contributed by atoms with van der Waals surface area (Å²) < 4.78 is 4.90. The van der Waals surface area contributed by atoms with E-state index in [4.69, 9.17) is 9.84 Å². The summed E-state index contributed by atoms with van der Waals surface area (Å²) in [6, 6.07) is -0.142. The Labute approximate surface area is 65.5 Å². The smallest absolute Gasteiger partial charge is 0.320 e. The van der Waals surface area contributed by atoms with E-state index >= 15 is 0 Å². The van der Waals surface area contributed by atoms with Crippen LogP contribution in [0.2, 0.25) is 0 Å². The molecule has 4 heteroatoms. The van der Waals surface area contributed by atoms with Crippen molar-refractivity contribution in [2.24, 2.45) is 0 Å². The normalized spacial score (nSPS) is 30.6. The standard InChI is InChI=1S/C7H13NO3/c1-11-4-5-2-3-6(8-5)7(9)10/h5-6,8H,2-4H2,1H3,(H,9,10)/t5-,6-/m0/s1. The number of hydrogen-bond acceptors (Lipinski definition) is 3. The third kappa shape index (κ3) is 2.17. The Morgan fingerprint density at radius 2 is 2.45 bits per heavy atom. The highest BCUT2D eigenvalue weighted by Gasteiger charge is 2.28. The molecule has 1 aliphatic heterocycles. The number of hydrogen-bond donors (Lipinski definition) is 2. The maximum Gasteiger partial charge on any atom is 0.320 e. The molecule has 1 saturated heterocycles. The molecular weight excluding hydrogens is 146 g/mol. The van der Waals surface area contributed by atoms with Crippen molar-refractivity contribution in [3.8, 4) is 0 Å². The molecule has 1 fully saturated rings. The molecule has 1 heterocycles. The van der Waals surface area contributed by atoms with Crippen molar-refractivity contribution in [2.75, 3.05) is 13.7 Å². The summed E-state index contributed by atoms with van der Waals surface area (Å²) in [5, 5.41) is 11.6. The van der Waals surface area contributed by atoms with Crippen molar-refractivity contribution in [1.82, 2.24) is 5.32 Å². The quantitative estimate of drug-likeness (QED) is 0.600. The van der Waals surface area contributed by atoms with Crippen LogP contribution < -0.4 is 5.32 Å². The minimum Gasteiger partial charge on any atom is -0.480 e. The molecule has 0 bridgehead atoms. The first-order valence-corrected chi connectivity index (χ1v) is 3.72. The fourth-order valence-corrected chi connectivity index (χ4v) is 1.35. The molecule has 0 aliphatic carbocycles. The largest absolute Gasteiger partial charge is 0.480 e. The predicted molar refractivity (Wildman–Crippen MR) is 39.5 cm³/mol. The van der Waals surface area contributed by atoms with Gasteiger partial charge in [0.15, 0.2) is 0 Å². The Balaban J connectivity index is 2.29. The Bertz CT molecular complexity index is 149. The van der Waals surface area contributed by atoms with Crippen molar-refractivity contribution in [3.05, 3.63) is 0 Å². The molecule has 0 amide bonds. The molecule has 0 saturated carbocycles. The lowest BCUT2D eigenvalue weighted by Gasteiger charge is -2.09. The SMILES string of the molecule is COC[C@@H]1CC[C@@H](C(=O)O)N1. The summed E-state index contributed by atoms with van der Waals surface area (Å²) in [5.74, 6) is -0.761. The van der Waals surface area contributed by atoms with Crippen LogP contribution in [0.3, 0.4) is 0 Å². The van der Waals surface area contributed by atoms with Crippen molar-refractivity contribution >= 4 is 5.97 Å². The van der Waals surface area contributed by atoms with E-state index in [1.165, 1.54) is 0 Å². The van der Waals surface area contributed by atoms with Gasteiger partial charge in [-0.1, -0.05) is 0 Å². The Morgan fingerprint density at radius 3 is 2.91 bits per heavy atom. The van der Waals surface area contributed by atoms with Crippen LogP contribution in [0.1, 0.15) is 12.8 Å². The van der Waals surface area contributed by atoms with Crippen LogP contribution in [0.4, 0.5) is 0 Å². The molecule has 0 aromatic carbocycles. The molecule has 0 radical (unpaired) electrons. The molecule has 64 valence electrons. The number of carboxylic acids is 1. The fraction of sp³-hybridized carbons (Fsp3) is 0.857.